The lowest BCUT2D eigenvalue weighted by Crippen LogP contribution is -2.38. The van der Waals surface area contributed by atoms with Crippen LogP contribution in [0.4, 0.5) is 0 Å². The molecule has 0 amide bonds. The van der Waals surface area contributed by atoms with Crippen molar-refractivity contribution in [3.63, 3.8) is 0 Å². The van der Waals surface area contributed by atoms with Gasteiger partial charge in [0.25, 0.3) is 0 Å². The Morgan fingerprint density at radius 2 is 2.16 bits per heavy atom. The normalized spacial score (nSPS) is 23.7. The fraction of sp³-hybridized carbons (Fsp3) is 0.538. The molecule has 0 saturated heterocycles. The third kappa shape index (κ3) is 3.37. The molecule has 1 saturated carbocycles. The van der Waals surface area contributed by atoms with Gasteiger partial charge in [0.15, 0.2) is 0 Å². The molecule has 0 heterocycles. The van der Waals surface area contributed by atoms with Gasteiger partial charge in [-0.2, -0.15) is 0 Å². The van der Waals surface area contributed by atoms with Gasteiger partial charge < -0.3 is 5.11 Å². The molecular weight excluding hydrogens is 330 g/mol. The summed E-state index contributed by atoms with van der Waals surface area (Å²) in [5.41, 5.74) is 1.000. The van der Waals surface area contributed by atoms with Crippen molar-refractivity contribution in [1.82, 2.24) is 4.72 Å². The largest absolute Gasteiger partial charge is 0.396 e. The quantitative estimate of drug-likeness (QED) is 0.877. The van der Waals surface area contributed by atoms with E-state index in [0.717, 1.165) is 24.8 Å². The summed E-state index contributed by atoms with van der Waals surface area (Å²) in [7, 11) is -3.54. The zero-order chi connectivity index (χ0) is 14.0. The number of aliphatic hydroxyl groups is 1. The van der Waals surface area contributed by atoms with Gasteiger partial charge in [0.2, 0.25) is 10.0 Å². The van der Waals surface area contributed by atoms with Gasteiger partial charge in [0, 0.05) is 17.1 Å². The second-order valence-corrected chi connectivity index (χ2v) is 7.57. The topological polar surface area (TPSA) is 66.4 Å². The smallest absolute Gasteiger partial charge is 0.241 e. The molecule has 2 rings (SSSR count). The van der Waals surface area contributed by atoms with Crippen molar-refractivity contribution < 1.29 is 13.5 Å². The highest BCUT2D eigenvalue weighted by atomic mass is 79.9. The van der Waals surface area contributed by atoms with Crippen LogP contribution in [-0.4, -0.2) is 26.2 Å². The fourth-order valence-electron chi connectivity index (χ4n) is 2.50. The number of benzene rings is 1. The third-order valence-electron chi connectivity index (χ3n) is 3.58. The van der Waals surface area contributed by atoms with Crippen LogP contribution in [-0.2, 0) is 10.0 Å². The SMILES string of the molecule is Cc1ccc(S(=O)(=O)NC2CCCC2CO)c(Br)c1. The Morgan fingerprint density at radius 3 is 2.79 bits per heavy atom. The predicted octanol–water partition coefficient (Wildman–Crippen LogP) is 2.20. The molecule has 2 N–H and O–H groups in total. The lowest BCUT2D eigenvalue weighted by Gasteiger charge is -2.19. The molecule has 2 atom stereocenters. The van der Waals surface area contributed by atoms with E-state index in [-0.39, 0.29) is 23.5 Å². The number of aryl methyl sites for hydroxylation is 1. The summed E-state index contributed by atoms with van der Waals surface area (Å²) in [6.07, 6.45) is 2.61. The average molecular weight is 348 g/mol. The predicted molar refractivity (Wildman–Crippen MR) is 77.4 cm³/mol. The van der Waals surface area contributed by atoms with E-state index in [4.69, 9.17) is 0 Å². The second-order valence-electron chi connectivity index (χ2n) is 5.04. The molecule has 1 aliphatic carbocycles. The Hall–Kier alpha value is -0.430. The highest BCUT2D eigenvalue weighted by molar-refractivity contribution is 9.10. The summed E-state index contributed by atoms with van der Waals surface area (Å²) < 4.78 is 28.0. The van der Waals surface area contributed by atoms with Crippen molar-refractivity contribution in [2.24, 2.45) is 5.92 Å². The molecule has 0 spiro atoms. The number of aliphatic hydroxyl groups excluding tert-OH is 1. The molecule has 0 bridgehead atoms. The molecule has 6 heteroatoms. The summed E-state index contributed by atoms with van der Waals surface area (Å²) in [4.78, 5) is 0.252. The first-order chi connectivity index (χ1) is 8.94. The fourth-order valence-corrected chi connectivity index (χ4v) is 5.03. The zero-order valence-corrected chi connectivity index (χ0v) is 13.2. The number of hydrogen-bond acceptors (Lipinski definition) is 3. The van der Waals surface area contributed by atoms with Gasteiger partial charge >= 0.3 is 0 Å². The van der Waals surface area contributed by atoms with Crippen LogP contribution < -0.4 is 4.72 Å². The van der Waals surface area contributed by atoms with Crippen LogP contribution in [0.3, 0.4) is 0 Å². The highest BCUT2D eigenvalue weighted by Crippen LogP contribution is 2.28. The minimum Gasteiger partial charge on any atom is -0.396 e. The van der Waals surface area contributed by atoms with Crippen molar-refractivity contribution in [3.05, 3.63) is 28.2 Å². The second kappa shape index (κ2) is 5.91. The summed E-state index contributed by atoms with van der Waals surface area (Å²) in [6.45, 7) is 1.94. The van der Waals surface area contributed by atoms with Crippen LogP contribution >= 0.6 is 15.9 Å². The number of sulfonamides is 1. The highest BCUT2D eigenvalue weighted by Gasteiger charge is 2.31. The van der Waals surface area contributed by atoms with E-state index in [1.54, 1.807) is 18.2 Å². The Morgan fingerprint density at radius 1 is 1.42 bits per heavy atom. The van der Waals surface area contributed by atoms with Crippen molar-refractivity contribution >= 4 is 26.0 Å². The number of halogens is 1. The minimum absolute atomic E-state index is 0.0269. The van der Waals surface area contributed by atoms with Gasteiger partial charge in [-0.25, -0.2) is 13.1 Å². The van der Waals surface area contributed by atoms with E-state index in [0.29, 0.717) is 4.47 Å². The molecule has 1 aromatic carbocycles. The molecule has 1 aliphatic rings. The van der Waals surface area contributed by atoms with Crippen LogP contribution in [0.5, 0.6) is 0 Å². The van der Waals surface area contributed by atoms with Gasteiger partial charge in [0.1, 0.15) is 0 Å². The Balaban J connectivity index is 2.23. The van der Waals surface area contributed by atoms with E-state index in [1.165, 1.54) is 0 Å². The van der Waals surface area contributed by atoms with Gasteiger partial charge in [-0.3, -0.25) is 0 Å². The molecule has 0 aromatic heterocycles. The van der Waals surface area contributed by atoms with E-state index in [1.807, 2.05) is 6.92 Å². The minimum atomic E-state index is -3.54. The van der Waals surface area contributed by atoms with Crippen LogP contribution in [0.25, 0.3) is 0 Å². The summed E-state index contributed by atoms with van der Waals surface area (Å²) in [5.74, 6) is 0.0269. The molecule has 0 radical (unpaired) electrons. The molecule has 1 aromatic rings. The lowest BCUT2D eigenvalue weighted by atomic mass is 10.1. The van der Waals surface area contributed by atoms with Crippen LogP contribution in [0.2, 0.25) is 0 Å². The molecule has 0 aliphatic heterocycles. The maximum absolute atomic E-state index is 12.4. The standard InChI is InChI=1S/C13H18BrNO3S/c1-9-5-6-13(11(14)7-9)19(17,18)15-12-4-2-3-10(12)8-16/h5-7,10,12,15-16H,2-4,8H2,1H3. The first-order valence-electron chi connectivity index (χ1n) is 6.33. The van der Waals surface area contributed by atoms with Gasteiger partial charge in [0.05, 0.1) is 4.90 Å². The summed E-state index contributed by atoms with van der Waals surface area (Å²) in [6, 6.07) is 5.00. The molecule has 106 valence electrons. The molecule has 4 nitrogen and oxygen atoms in total. The molecule has 2 unspecified atom stereocenters. The Labute approximate surface area is 122 Å². The van der Waals surface area contributed by atoms with E-state index in [9.17, 15) is 13.5 Å². The maximum Gasteiger partial charge on any atom is 0.241 e. The Bertz CT molecular complexity index is 559. The number of rotatable bonds is 4. The Kier molecular flexibility index (Phi) is 4.66. The molecule has 1 fully saturated rings. The maximum atomic E-state index is 12.4. The van der Waals surface area contributed by atoms with Gasteiger partial charge in [-0.1, -0.05) is 12.5 Å². The number of nitrogens with one attached hydrogen (secondary N) is 1. The van der Waals surface area contributed by atoms with Gasteiger partial charge in [-0.15, -0.1) is 0 Å². The molecule has 19 heavy (non-hydrogen) atoms. The van der Waals surface area contributed by atoms with Crippen molar-refractivity contribution in [2.75, 3.05) is 6.61 Å². The van der Waals surface area contributed by atoms with Crippen molar-refractivity contribution in [2.45, 2.75) is 37.1 Å². The summed E-state index contributed by atoms with van der Waals surface area (Å²) >= 11 is 3.30. The summed E-state index contributed by atoms with van der Waals surface area (Å²) in [5, 5.41) is 9.25. The van der Waals surface area contributed by atoms with Gasteiger partial charge in [-0.05, 0) is 59.3 Å². The van der Waals surface area contributed by atoms with Crippen LogP contribution in [0, 0.1) is 12.8 Å². The number of hydrogen-bond donors (Lipinski definition) is 2. The van der Waals surface area contributed by atoms with Crippen LogP contribution in [0.1, 0.15) is 24.8 Å². The lowest BCUT2D eigenvalue weighted by molar-refractivity contribution is 0.213. The zero-order valence-electron chi connectivity index (χ0n) is 10.8. The van der Waals surface area contributed by atoms with Crippen LogP contribution in [0.15, 0.2) is 27.6 Å². The monoisotopic (exact) mass is 347 g/mol. The molecular formula is C13H18BrNO3S. The third-order valence-corrected chi connectivity index (χ3v) is 6.04. The van der Waals surface area contributed by atoms with E-state index >= 15 is 0 Å². The first-order valence-corrected chi connectivity index (χ1v) is 8.61. The van der Waals surface area contributed by atoms with E-state index < -0.39 is 10.0 Å². The van der Waals surface area contributed by atoms with E-state index in [2.05, 4.69) is 20.7 Å². The average Bonchev–Trinajstić information content (AvgIpc) is 2.74. The van der Waals surface area contributed by atoms with Crippen molar-refractivity contribution in [3.8, 4) is 0 Å². The van der Waals surface area contributed by atoms with Crippen molar-refractivity contribution in [1.29, 1.82) is 0 Å². The first kappa shape index (κ1) is 15.0.